The second-order valence-electron chi connectivity index (χ2n) is 5.85. The molecule has 0 aromatic heterocycles. The Labute approximate surface area is 127 Å². The molecular weight excluding hydrogens is 264 g/mol. The van der Waals surface area contributed by atoms with Gasteiger partial charge < -0.3 is 10.1 Å². The molecular formula is C16H28N4O. The molecule has 0 saturated heterocycles. The van der Waals surface area contributed by atoms with Crippen LogP contribution in [0, 0.1) is 0 Å². The fourth-order valence-corrected chi connectivity index (χ4v) is 2.00. The number of nitrogens with zero attached hydrogens (tertiary/aromatic N) is 1. The zero-order valence-corrected chi connectivity index (χ0v) is 13.6. The van der Waals surface area contributed by atoms with Crippen LogP contribution in [0.1, 0.15) is 39.7 Å². The maximum absolute atomic E-state index is 5.55. The van der Waals surface area contributed by atoms with Crippen molar-refractivity contribution >= 4 is 11.6 Å². The minimum absolute atomic E-state index is 0.0538. The highest BCUT2D eigenvalue weighted by Crippen LogP contribution is 2.29. The molecule has 0 bridgehead atoms. The van der Waals surface area contributed by atoms with Crippen molar-refractivity contribution in [3.8, 4) is 0 Å². The van der Waals surface area contributed by atoms with Crippen LogP contribution >= 0.6 is 0 Å². The Morgan fingerprint density at radius 1 is 1.29 bits per heavy atom. The molecule has 1 aromatic rings. The Bertz CT molecular complexity index is 452. The van der Waals surface area contributed by atoms with Gasteiger partial charge in [0.2, 0.25) is 5.96 Å². The van der Waals surface area contributed by atoms with Gasteiger partial charge in [0, 0.05) is 25.4 Å². The summed E-state index contributed by atoms with van der Waals surface area (Å²) in [5, 5.41) is 3.27. The molecule has 5 heteroatoms. The number of hydrogen-bond donors (Lipinski definition) is 3. The molecule has 0 radical (unpaired) electrons. The van der Waals surface area contributed by atoms with Crippen LogP contribution in [-0.4, -0.2) is 25.7 Å². The van der Waals surface area contributed by atoms with Crippen LogP contribution in [0.5, 0.6) is 0 Å². The summed E-state index contributed by atoms with van der Waals surface area (Å²) in [6.07, 6.45) is 0.877. The largest absolute Gasteiger partial charge is 0.382 e. The molecule has 0 atom stereocenters. The molecule has 0 unspecified atom stereocenters. The van der Waals surface area contributed by atoms with E-state index in [0.717, 1.165) is 25.3 Å². The zero-order valence-electron chi connectivity index (χ0n) is 13.6. The fraction of sp³-hybridized carbons (Fsp3) is 0.562. The first kappa shape index (κ1) is 17.5. The van der Waals surface area contributed by atoms with E-state index in [9.17, 15) is 0 Å². The van der Waals surface area contributed by atoms with Gasteiger partial charge in [0.1, 0.15) is 0 Å². The SMILES string of the molecule is CCOCCCN=C(NN)Nc1ccccc1C(C)(C)C. The Morgan fingerprint density at radius 3 is 2.62 bits per heavy atom. The van der Waals surface area contributed by atoms with Crippen molar-refractivity contribution in [3.05, 3.63) is 29.8 Å². The summed E-state index contributed by atoms with van der Waals surface area (Å²) in [5.74, 6) is 6.12. The molecule has 1 aromatic carbocycles. The number of rotatable bonds is 6. The summed E-state index contributed by atoms with van der Waals surface area (Å²) in [5.41, 5.74) is 4.92. The number of guanidine groups is 1. The van der Waals surface area contributed by atoms with Crippen molar-refractivity contribution in [2.45, 2.75) is 39.5 Å². The van der Waals surface area contributed by atoms with E-state index in [1.807, 2.05) is 25.1 Å². The van der Waals surface area contributed by atoms with Gasteiger partial charge in [0.05, 0.1) is 0 Å². The Morgan fingerprint density at radius 2 is 2.00 bits per heavy atom. The molecule has 0 saturated carbocycles. The lowest BCUT2D eigenvalue weighted by Crippen LogP contribution is -2.37. The average Bonchev–Trinajstić information content (AvgIpc) is 2.45. The van der Waals surface area contributed by atoms with Gasteiger partial charge in [-0.1, -0.05) is 39.0 Å². The van der Waals surface area contributed by atoms with Crippen molar-refractivity contribution in [1.29, 1.82) is 0 Å². The number of aliphatic imine (C=N–C) groups is 1. The van der Waals surface area contributed by atoms with E-state index in [0.29, 0.717) is 12.5 Å². The molecule has 21 heavy (non-hydrogen) atoms. The topological polar surface area (TPSA) is 71.7 Å². The van der Waals surface area contributed by atoms with Crippen LogP contribution in [0.15, 0.2) is 29.3 Å². The molecule has 0 amide bonds. The normalized spacial score (nSPS) is 12.3. The van der Waals surface area contributed by atoms with Gasteiger partial charge in [-0.15, -0.1) is 0 Å². The lowest BCUT2D eigenvalue weighted by molar-refractivity contribution is 0.146. The van der Waals surface area contributed by atoms with Crippen molar-refractivity contribution < 1.29 is 4.74 Å². The number of hydrazine groups is 1. The summed E-state index contributed by atoms with van der Waals surface area (Å²) >= 11 is 0. The quantitative estimate of drug-likeness (QED) is 0.248. The van der Waals surface area contributed by atoms with Crippen LogP contribution in [0.4, 0.5) is 5.69 Å². The van der Waals surface area contributed by atoms with Gasteiger partial charge in [-0.3, -0.25) is 10.4 Å². The Kier molecular flexibility index (Phi) is 7.19. The summed E-state index contributed by atoms with van der Waals surface area (Å²) in [6.45, 7) is 10.7. The summed E-state index contributed by atoms with van der Waals surface area (Å²) in [7, 11) is 0. The minimum Gasteiger partial charge on any atom is -0.382 e. The maximum Gasteiger partial charge on any atom is 0.210 e. The molecule has 5 nitrogen and oxygen atoms in total. The fourth-order valence-electron chi connectivity index (χ4n) is 2.00. The number of nitrogens with two attached hydrogens (primary N) is 1. The predicted molar refractivity (Wildman–Crippen MR) is 89.5 cm³/mol. The molecule has 0 heterocycles. The highest BCUT2D eigenvalue weighted by molar-refractivity contribution is 5.94. The maximum atomic E-state index is 5.55. The molecule has 0 spiro atoms. The second kappa shape index (κ2) is 8.64. The summed E-state index contributed by atoms with van der Waals surface area (Å²) in [4.78, 5) is 4.42. The molecule has 0 aliphatic heterocycles. The van der Waals surface area contributed by atoms with E-state index in [2.05, 4.69) is 42.6 Å². The third kappa shape index (κ3) is 6.14. The third-order valence-corrected chi connectivity index (χ3v) is 3.05. The summed E-state index contributed by atoms with van der Waals surface area (Å²) in [6, 6.07) is 8.19. The minimum atomic E-state index is 0.0538. The number of nitrogens with one attached hydrogen (secondary N) is 2. The molecule has 0 aliphatic carbocycles. The lowest BCUT2D eigenvalue weighted by atomic mass is 9.86. The van der Waals surface area contributed by atoms with Crippen molar-refractivity contribution in [3.63, 3.8) is 0 Å². The monoisotopic (exact) mass is 292 g/mol. The first-order chi connectivity index (χ1) is 9.99. The third-order valence-electron chi connectivity index (χ3n) is 3.05. The van der Waals surface area contributed by atoms with Crippen LogP contribution < -0.4 is 16.6 Å². The molecule has 0 aliphatic rings. The van der Waals surface area contributed by atoms with E-state index in [1.54, 1.807) is 0 Å². The van der Waals surface area contributed by atoms with Gasteiger partial charge in [-0.25, -0.2) is 5.84 Å². The van der Waals surface area contributed by atoms with E-state index in [-0.39, 0.29) is 5.41 Å². The number of ether oxygens (including phenoxy) is 1. The average molecular weight is 292 g/mol. The lowest BCUT2D eigenvalue weighted by Gasteiger charge is -2.23. The van der Waals surface area contributed by atoms with Gasteiger partial charge in [0.15, 0.2) is 0 Å². The van der Waals surface area contributed by atoms with E-state index >= 15 is 0 Å². The smallest absolute Gasteiger partial charge is 0.210 e. The second-order valence-corrected chi connectivity index (χ2v) is 5.85. The van der Waals surface area contributed by atoms with Crippen molar-refractivity contribution in [2.75, 3.05) is 25.1 Å². The van der Waals surface area contributed by atoms with Gasteiger partial charge in [-0.2, -0.15) is 0 Å². The molecule has 4 N–H and O–H groups in total. The van der Waals surface area contributed by atoms with E-state index < -0.39 is 0 Å². The van der Waals surface area contributed by atoms with Gasteiger partial charge in [0.25, 0.3) is 0 Å². The molecule has 118 valence electrons. The van der Waals surface area contributed by atoms with Crippen molar-refractivity contribution in [1.82, 2.24) is 5.43 Å². The van der Waals surface area contributed by atoms with Gasteiger partial charge in [-0.05, 0) is 30.4 Å². The number of hydrogen-bond acceptors (Lipinski definition) is 3. The van der Waals surface area contributed by atoms with E-state index in [4.69, 9.17) is 10.6 Å². The standard InChI is InChI=1S/C16H28N4O/c1-5-21-12-8-11-18-15(20-17)19-14-10-7-6-9-13(14)16(2,3)4/h6-7,9-10H,5,8,11-12,17H2,1-4H3,(H2,18,19,20). The van der Waals surface area contributed by atoms with Crippen LogP contribution in [-0.2, 0) is 10.2 Å². The van der Waals surface area contributed by atoms with Crippen molar-refractivity contribution in [2.24, 2.45) is 10.8 Å². The van der Waals surface area contributed by atoms with Crippen LogP contribution in [0.2, 0.25) is 0 Å². The Hall–Kier alpha value is -1.59. The number of para-hydroxylation sites is 1. The zero-order chi connectivity index (χ0) is 15.7. The molecule has 0 fully saturated rings. The first-order valence-corrected chi connectivity index (χ1v) is 7.44. The highest BCUT2D eigenvalue weighted by Gasteiger charge is 2.17. The first-order valence-electron chi connectivity index (χ1n) is 7.44. The van der Waals surface area contributed by atoms with E-state index in [1.165, 1.54) is 5.56 Å². The number of anilines is 1. The predicted octanol–water partition coefficient (Wildman–Crippen LogP) is 2.64. The Balaban J connectivity index is 2.71. The van der Waals surface area contributed by atoms with Gasteiger partial charge >= 0.3 is 0 Å². The number of benzene rings is 1. The molecule has 1 rings (SSSR count). The highest BCUT2D eigenvalue weighted by atomic mass is 16.5. The summed E-state index contributed by atoms with van der Waals surface area (Å²) < 4.78 is 5.29. The van der Waals surface area contributed by atoms with Crippen LogP contribution in [0.3, 0.4) is 0 Å². The van der Waals surface area contributed by atoms with Crippen LogP contribution in [0.25, 0.3) is 0 Å².